The molecule has 0 saturated heterocycles. The van der Waals surface area contributed by atoms with Crippen molar-refractivity contribution in [2.75, 3.05) is 11.9 Å². The van der Waals surface area contributed by atoms with E-state index < -0.39 is 0 Å². The molecule has 0 aliphatic heterocycles. The van der Waals surface area contributed by atoms with Crippen molar-refractivity contribution in [2.45, 2.75) is 26.8 Å². The second-order valence-corrected chi connectivity index (χ2v) is 5.14. The topological polar surface area (TPSA) is 64.1 Å². The SMILES string of the molecule is CCOC(=O)Cc1csc(NCc2ccncc2C)n1. The number of esters is 1. The zero-order valence-corrected chi connectivity index (χ0v) is 12.4. The summed E-state index contributed by atoms with van der Waals surface area (Å²) >= 11 is 1.49. The van der Waals surface area contributed by atoms with Crippen LogP contribution in [-0.2, 0) is 22.5 Å². The molecule has 0 aliphatic carbocycles. The number of anilines is 1. The van der Waals surface area contributed by atoms with Gasteiger partial charge >= 0.3 is 5.97 Å². The predicted molar refractivity (Wildman–Crippen MR) is 78.8 cm³/mol. The summed E-state index contributed by atoms with van der Waals surface area (Å²) in [5.41, 5.74) is 3.06. The van der Waals surface area contributed by atoms with Gasteiger partial charge in [-0.3, -0.25) is 9.78 Å². The third kappa shape index (κ3) is 4.03. The highest BCUT2D eigenvalue weighted by Crippen LogP contribution is 2.17. The Kier molecular flexibility index (Phi) is 5.06. The van der Waals surface area contributed by atoms with E-state index >= 15 is 0 Å². The van der Waals surface area contributed by atoms with Gasteiger partial charge < -0.3 is 10.1 Å². The van der Waals surface area contributed by atoms with Gasteiger partial charge in [0.15, 0.2) is 5.13 Å². The van der Waals surface area contributed by atoms with E-state index in [4.69, 9.17) is 4.74 Å². The zero-order valence-electron chi connectivity index (χ0n) is 11.5. The molecule has 0 bridgehead atoms. The second-order valence-electron chi connectivity index (χ2n) is 4.28. The third-order valence-corrected chi connectivity index (χ3v) is 3.60. The lowest BCUT2D eigenvalue weighted by Gasteiger charge is -2.05. The Morgan fingerprint density at radius 3 is 3.10 bits per heavy atom. The van der Waals surface area contributed by atoms with Crippen LogP contribution in [-0.4, -0.2) is 22.5 Å². The summed E-state index contributed by atoms with van der Waals surface area (Å²) in [7, 11) is 0. The molecule has 2 heterocycles. The lowest BCUT2D eigenvalue weighted by Crippen LogP contribution is -2.08. The van der Waals surface area contributed by atoms with Gasteiger partial charge in [-0.25, -0.2) is 4.98 Å². The fourth-order valence-corrected chi connectivity index (χ4v) is 2.41. The van der Waals surface area contributed by atoms with Crippen LogP contribution in [0.4, 0.5) is 5.13 Å². The van der Waals surface area contributed by atoms with Crippen molar-refractivity contribution < 1.29 is 9.53 Å². The molecular formula is C14H17N3O2S. The molecule has 2 aromatic rings. The number of nitrogens with zero attached hydrogens (tertiary/aromatic N) is 2. The number of carbonyl (C=O) groups is 1. The molecule has 0 unspecified atom stereocenters. The van der Waals surface area contributed by atoms with Crippen LogP contribution in [0, 0.1) is 6.92 Å². The molecule has 0 fully saturated rings. The highest BCUT2D eigenvalue weighted by Gasteiger charge is 2.08. The molecule has 0 spiro atoms. The Morgan fingerprint density at radius 1 is 1.50 bits per heavy atom. The summed E-state index contributed by atoms with van der Waals surface area (Å²) in [4.78, 5) is 19.8. The Bertz CT molecular complexity index is 583. The average molecular weight is 291 g/mol. The minimum absolute atomic E-state index is 0.223. The number of aromatic nitrogens is 2. The first-order chi connectivity index (χ1) is 9.69. The van der Waals surface area contributed by atoms with Crippen molar-refractivity contribution >= 4 is 22.4 Å². The molecule has 1 N–H and O–H groups in total. The summed E-state index contributed by atoms with van der Waals surface area (Å²) in [6.45, 7) is 4.91. The minimum Gasteiger partial charge on any atom is -0.466 e. The summed E-state index contributed by atoms with van der Waals surface area (Å²) in [5, 5.41) is 5.93. The predicted octanol–water partition coefficient (Wildman–Crippen LogP) is 2.56. The van der Waals surface area contributed by atoms with Crippen LogP contribution in [0.1, 0.15) is 23.7 Å². The largest absolute Gasteiger partial charge is 0.466 e. The van der Waals surface area contributed by atoms with E-state index in [0.717, 1.165) is 16.4 Å². The standard InChI is InChI=1S/C14H17N3O2S/c1-3-19-13(18)6-12-9-20-14(17-12)16-8-11-4-5-15-7-10(11)2/h4-5,7,9H,3,6,8H2,1-2H3,(H,16,17). The van der Waals surface area contributed by atoms with Gasteiger partial charge in [0, 0.05) is 24.3 Å². The first kappa shape index (κ1) is 14.5. The van der Waals surface area contributed by atoms with Crippen molar-refractivity contribution in [1.82, 2.24) is 9.97 Å². The van der Waals surface area contributed by atoms with Crippen LogP contribution >= 0.6 is 11.3 Å². The van der Waals surface area contributed by atoms with Gasteiger partial charge in [0.2, 0.25) is 0 Å². The van der Waals surface area contributed by atoms with Gasteiger partial charge in [-0.2, -0.15) is 0 Å². The van der Waals surface area contributed by atoms with Gasteiger partial charge in [0.25, 0.3) is 0 Å². The third-order valence-electron chi connectivity index (χ3n) is 2.75. The number of hydrogen-bond acceptors (Lipinski definition) is 6. The molecule has 0 radical (unpaired) electrons. The zero-order chi connectivity index (χ0) is 14.4. The fourth-order valence-electron chi connectivity index (χ4n) is 1.70. The molecule has 0 atom stereocenters. The van der Waals surface area contributed by atoms with Crippen LogP contribution in [0.5, 0.6) is 0 Å². The maximum atomic E-state index is 11.4. The van der Waals surface area contributed by atoms with Gasteiger partial charge in [-0.05, 0) is 31.0 Å². The Balaban J connectivity index is 1.90. The summed E-state index contributed by atoms with van der Waals surface area (Å²) < 4.78 is 4.90. The molecule has 6 heteroatoms. The second kappa shape index (κ2) is 7.00. The molecule has 20 heavy (non-hydrogen) atoms. The van der Waals surface area contributed by atoms with Crippen LogP contribution in [0.3, 0.4) is 0 Å². The normalized spacial score (nSPS) is 10.3. The molecule has 106 valence electrons. The van der Waals surface area contributed by atoms with Crippen LogP contribution < -0.4 is 5.32 Å². The van der Waals surface area contributed by atoms with Crippen molar-refractivity contribution in [1.29, 1.82) is 0 Å². The molecule has 2 aromatic heterocycles. The van der Waals surface area contributed by atoms with E-state index in [0.29, 0.717) is 13.2 Å². The van der Waals surface area contributed by atoms with Crippen LogP contribution in [0.15, 0.2) is 23.8 Å². The molecule has 0 aliphatic rings. The van der Waals surface area contributed by atoms with E-state index in [1.54, 1.807) is 13.1 Å². The van der Waals surface area contributed by atoms with Crippen LogP contribution in [0.2, 0.25) is 0 Å². The number of rotatable bonds is 6. The molecular weight excluding hydrogens is 274 g/mol. The smallest absolute Gasteiger partial charge is 0.311 e. The number of aryl methyl sites for hydroxylation is 1. The minimum atomic E-state index is -0.241. The number of ether oxygens (including phenoxy) is 1. The van der Waals surface area contributed by atoms with Gasteiger partial charge in [0.1, 0.15) is 0 Å². The monoisotopic (exact) mass is 291 g/mol. The van der Waals surface area contributed by atoms with E-state index in [9.17, 15) is 4.79 Å². The number of hydrogen-bond donors (Lipinski definition) is 1. The highest BCUT2D eigenvalue weighted by molar-refractivity contribution is 7.13. The van der Waals surface area contributed by atoms with Crippen molar-refractivity contribution in [3.8, 4) is 0 Å². The van der Waals surface area contributed by atoms with Crippen molar-refractivity contribution in [3.63, 3.8) is 0 Å². The summed E-state index contributed by atoms with van der Waals surface area (Å²) in [6, 6.07) is 1.98. The molecule has 2 rings (SSSR count). The maximum Gasteiger partial charge on any atom is 0.311 e. The van der Waals surface area contributed by atoms with Crippen molar-refractivity contribution in [3.05, 3.63) is 40.7 Å². The summed E-state index contributed by atoms with van der Waals surface area (Å²) in [6.07, 6.45) is 3.84. The van der Waals surface area contributed by atoms with Crippen LogP contribution in [0.25, 0.3) is 0 Å². The highest BCUT2D eigenvalue weighted by atomic mass is 32.1. The number of nitrogens with one attached hydrogen (secondary N) is 1. The van der Waals surface area contributed by atoms with E-state index in [1.807, 2.05) is 24.6 Å². The number of thiazole rings is 1. The Labute approximate surface area is 122 Å². The first-order valence-corrected chi connectivity index (χ1v) is 7.30. The first-order valence-electron chi connectivity index (χ1n) is 6.42. The molecule has 0 aromatic carbocycles. The Morgan fingerprint density at radius 2 is 2.35 bits per heavy atom. The Hall–Kier alpha value is -1.95. The van der Waals surface area contributed by atoms with Gasteiger partial charge in [-0.1, -0.05) is 0 Å². The quantitative estimate of drug-likeness (QED) is 0.829. The van der Waals surface area contributed by atoms with E-state index in [2.05, 4.69) is 15.3 Å². The molecule has 0 amide bonds. The van der Waals surface area contributed by atoms with E-state index in [1.165, 1.54) is 16.9 Å². The van der Waals surface area contributed by atoms with Gasteiger partial charge in [-0.15, -0.1) is 11.3 Å². The lowest BCUT2D eigenvalue weighted by atomic mass is 10.2. The van der Waals surface area contributed by atoms with E-state index in [-0.39, 0.29) is 12.4 Å². The maximum absolute atomic E-state index is 11.4. The fraction of sp³-hybridized carbons (Fsp3) is 0.357. The average Bonchev–Trinajstić information content (AvgIpc) is 2.85. The summed E-state index contributed by atoms with van der Waals surface area (Å²) in [5.74, 6) is -0.241. The molecule has 0 saturated carbocycles. The number of pyridine rings is 1. The van der Waals surface area contributed by atoms with Crippen molar-refractivity contribution in [2.24, 2.45) is 0 Å². The lowest BCUT2D eigenvalue weighted by molar-refractivity contribution is -0.142. The number of carbonyl (C=O) groups excluding carboxylic acids is 1. The molecule has 5 nitrogen and oxygen atoms in total. The van der Waals surface area contributed by atoms with Gasteiger partial charge in [0.05, 0.1) is 18.7 Å².